The van der Waals surface area contributed by atoms with Crippen molar-refractivity contribution in [1.29, 1.82) is 0 Å². The van der Waals surface area contributed by atoms with Crippen molar-refractivity contribution in [2.45, 2.75) is 12.8 Å². The second-order valence-corrected chi connectivity index (χ2v) is 4.73. The van der Waals surface area contributed by atoms with Gasteiger partial charge in [0.1, 0.15) is 0 Å². The van der Waals surface area contributed by atoms with E-state index in [9.17, 15) is 4.79 Å². The van der Waals surface area contributed by atoms with E-state index >= 15 is 0 Å². The second kappa shape index (κ2) is 4.69. The number of hydrogen-bond acceptors (Lipinski definition) is 3. The maximum absolute atomic E-state index is 11.4. The summed E-state index contributed by atoms with van der Waals surface area (Å²) in [6.45, 7) is 0. The Bertz CT molecular complexity index is 335. The monoisotopic (exact) mass is 233 g/mol. The molecule has 2 N–H and O–H groups in total. The lowest BCUT2D eigenvalue weighted by atomic mass is 10.2. The normalized spacial score (nSPS) is 9.92. The Morgan fingerprint density at radius 2 is 2.23 bits per heavy atom. The van der Waals surface area contributed by atoms with Crippen molar-refractivity contribution in [3.8, 4) is 0 Å². The molecule has 0 spiro atoms. The Morgan fingerprint density at radius 1 is 1.54 bits per heavy atom. The molecule has 0 saturated heterocycles. The highest BCUT2D eigenvalue weighted by Crippen LogP contribution is 2.22. The predicted molar refractivity (Wildman–Crippen MR) is 59.7 cm³/mol. The van der Waals surface area contributed by atoms with E-state index in [4.69, 9.17) is 17.3 Å². The first-order valence-electron chi connectivity index (χ1n) is 3.66. The molecule has 0 aliphatic carbocycles. The smallest absolute Gasteiger partial charge is 0.173 e. The van der Waals surface area contributed by atoms with Crippen molar-refractivity contribution in [2.75, 3.05) is 0 Å². The molecule has 0 bridgehead atoms. The fourth-order valence-electron chi connectivity index (χ4n) is 0.824. The average Bonchev–Trinajstić information content (AvgIpc) is 2.47. The summed E-state index contributed by atoms with van der Waals surface area (Å²) in [6.07, 6.45) is 0.829. The largest absolute Gasteiger partial charge is 0.393 e. The molecule has 0 radical (unpaired) electrons. The van der Waals surface area contributed by atoms with Gasteiger partial charge in [0.25, 0.3) is 0 Å². The fraction of sp³-hybridized carbons (Fsp3) is 0.250. The molecule has 1 aromatic rings. The van der Waals surface area contributed by atoms with Crippen molar-refractivity contribution < 1.29 is 4.79 Å². The van der Waals surface area contributed by atoms with Gasteiger partial charge in [0, 0.05) is 12.8 Å². The molecule has 0 unspecified atom stereocenters. The third kappa shape index (κ3) is 3.42. The summed E-state index contributed by atoms with van der Waals surface area (Å²) >= 11 is 11.6. The van der Waals surface area contributed by atoms with Crippen LogP contribution in [0.2, 0.25) is 4.34 Å². The van der Waals surface area contributed by atoms with E-state index in [2.05, 4.69) is 12.2 Å². The van der Waals surface area contributed by atoms with Gasteiger partial charge in [-0.15, -0.1) is 11.3 Å². The van der Waals surface area contributed by atoms with Crippen LogP contribution in [0.1, 0.15) is 22.5 Å². The Hall–Kier alpha value is -0.450. The van der Waals surface area contributed by atoms with Crippen LogP contribution in [0.15, 0.2) is 12.1 Å². The molecule has 0 aliphatic heterocycles. The molecule has 2 nitrogen and oxygen atoms in total. The number of Topliss-reactive ketones (excluding diaryl/α,β-unsaturated/α-hetero) is 1. The molecule has 0 aliphatic rings. The van der Waals surface area contributed by atoms with Crippen LogP contribution in [0.25, 0.3) is 0 Å². The second-order valence-electron chi connectivity index (χ2n) is 2.49. The maximum Gasteiger partial charge on any atom is 0.173 e. The lowest BCUT2D eigenvalue weighted by Crippen LogP contribution is -2.09. The molecule has 0 saturated carbocycles. The van der Waals surface area contributed by atoms with E-state index in [0.29, 0.717) is 27.0 Å². The third-order valence-corrected chi connectivity index (χ3v) is 2.92. The molecule has 5 heteroatoms. The van der Waals surface area contributed by atoms with Crippen molar-refractivity contribution in [3.63, 3.8) is 0 Å². The molecule has 13 heavy (non-hydrogen) atoms. The number of ketones is 1. The Morgan fingerprint density at radius 3 is 2.69 bits per heavy atom. The van der Waals surface area contributed by atoms with Gasteiger partial charge in [-0.2, -0.15) is 0 Å². The van der Waals surface area contributed by atoms with E-state index < -0.39 is 0 Å². The van der Waals surface area contributed by atoms with Crippen molar-refractivity contribution in [1.82, 2.24) is 0 Å². The van der Waals surface area contributed by atoms with Gasteiger partial charge in [0.2, 0.25) is 0 Å². The minimum absolute atomic E-state index is 0.0460. The number of thiophene rings is 1. The summed E-state index contributed by atoms with van der Waals surface area (Å²) < 4.78 is 0.624. The highest BCUT2D eigenvalue weighted by molar-refractivity contribution is 7.80. The van der Waals surface area contributed by atoms with Gasteiger partial charge in [-0.25, -0.2) is 0 Å². The summed E-state index contributed by atoms with van der Waals surface area (Å²) in [5, 5.41) is 0. The van der Waals surface area contributed by atoms with E-state index in [0.717, 1.165) is 0 Å². The van der Waals surface area contributed by atoms with Crippen LogP contribution in [0.5, 0.6) is 0 Å². The summed E-state index contributed by atoms with van der Waals surface area (Å²) in [5.74, 6) is 0.0460. The van der Waals surface area contributed by atoms with Crippen molar-refractivity contribution >= 4 is 45.9 Å². The quantitative estimate of drug-likeness (QED) is 0.642. The minimum Gasteiger partial charge on any atom is -0.393 e. The highest BCUT2D eigenvalue weighted by atomic mass is 35.5. The van der Waals surface area contributed by atoms with Crippen LogP contribution in [0, 0.1) is 0 Å². The Kier molecular flexibility index (Phi) is 3.84. The van der Waals surface area contributed by atoms with Gasteiger partial charge < -0.3 is 5.73 Å². The molecule has 0 fully saturated rings. The molecular weight excluding hydrogens is 226 g/mol. The standard InChI is InChI=1S/C8H8ClNOS2/c9-7-3-2-6(13-7)5(11)1-4-8(10)12/h2-3H,1,4H2,(H2,10,12). The first kappa shape index (κ1) is 10.6. The lowest BCUT2D eigenvalue weighted by molar-refractivity contribution is 0.0989. The number of hydrogen-bond donors (Lipinski definition) is 1. The number of halogens is 1. The predicted octanol–water partition coefficient (Wildman–Crippen LogP) is 2.65. The SMILES string of the molecule is NC(=S)CCC(=O)c1ccc(Cl)s1. The van der Waals surface area contributed by atoms with Gasteiger partial charge in [-0.1, -0.05) is 23.8 Å². The molecule has 1 rings (SSSR count). The summed E-state index contributed by atoms with van der Waals surface area (Å²) in [5.41, 5.74) is 5.28. The number of rotatable bonds is 4. The number of thiocarbonyl (C=S) groups is 1. The first-order chi connectivity index (χ1) is 6.09. The third-order valence-electron chi connectivity index (χ3n) is 1.45. The zero-order valence-electron chi connectivity index (χ0n) is 6.75. The van der Waals surface area contributed by atoms with Gasteiger partial charge in [0.15, 0.2) is 5.78 Å². The lowest BCUT2D eigenvalue weighted by Gasteiger charge is -1.95. The number of carbonyl (C=O) groups excluding carboxylic acids is 1. The Labute approximate surface area is 90.7 Å². The van der Waals surface area contributed by atoms with Crippen molar-refractivity contribution in [3.05, 3.63) is 21.3 Å². The van der Waals surface area contributed by atoms with Gasteiger partial charge in [-0.3, -0.25) is 4.79 Å². The fourth-order valence-corrected chi connectivity index (χ4v) is 1.94. The average molecular weight is 234 g/mol. The van der Waals surface area contributed by atoms with E-state index in [-0.39, 0.29) is 5.78 Å². The molecule has 70 valence electrons. The van der Waals surface area contributed by atoms with Crippen LogP contribution in [0.3, 0.4) is 0 Å². The van der Waals surface area contributed by atoms with Gasteiger partial charge in [0.05, 0.1) is 14.2 Å². The highest BCUT2D eigenvalue weighted by Gasteiger charge is 2.08. The topological polar surface area (TPSA) is 43.1 Å². The van der Waals surface area contributed by atoms with E-state index in [1.807, 2.05) is 0 Å². The van der Waals surface area contributed by atoms with Gasteiger partial charge in [-0.05, 0) is 12.1 Å². The van der Waals surface area contributed by atoms with E-state index in [1.54, 1.807) is 12.1 Å². The summed E-state index contributed by atoms with van der Waals surface area (Å²) in [4.78, 5) is 12.4. The van der Waals surface area contributed by atoms with Crippen LogP contribution >= 0.6 is 35.2 Å². The van der Waals surface area contributed by atoms with Crippen molar-refractivity contribution in [2.24, 2.45) is 5.73 Å². The number of carbonyl (C=O) groups is 1. The molecule has 0 atom stereocenters. The van der Waals surface area contributed by atoms with Gasteiger partial charge >= 0.3 is 0 Å². The van der Waals surface area contributed by atoms with Crippen LogP contribution < -0.4 is 5.73 Å². The maximum atomic E-state index is 11.4. The summed E-state index contributed by atoms with van der Waals surface area (Å²) in [6, 6.07) is 3.43. The minimum atomic E-state index is 0.0460. The molecule has 0 amide bonds. The zero-order valence-corrected chi connectivity index (χ0v) is 9.14. The first-order valence-corrected chi connectivity index (χ1v) is 5.26. The Balaban J connectivity index is 2.54. The molecule has 1 aromatic heterocycles. The van der Waals surface area contributed by atoms with Crippen LogP contribution in [-0.4, -0.2) is 10.8 Å². The number of nitrogens with two attached hydrogens (primary N) is 1. The van der Waals surface area contributed by atoms with Crippen LogP contribution in [0.4, 0.5) is 0 Å². The van der Waals surface area contributed by atoms with Crippen LogP contribution in [-0.2, 0) is 0 Å². The van der Waals surface area contributed by atoms with E-state index in [1.165, 1.54) is 11.3 Å². The summed E-state index contributed by atoms with van der Waals surface area (Å²) in [7, 11) is 0. The molecular formula is C8H8ClNOS2. The molecule has 1 heterocycles. The zero-order chi connectivity index (χ0) is 9.84. The molecule has 0 aromatic carbocycles.